The first-order valence-electron chi connectivity index (χ1n) is 6.01. The van der Waals surface area contributed by atoms with Crippen LogP contribution < -0.4 is 4.90 Å². The Hall–Kier alpha value is -1.79. The molecule has 0 aromatic heterocycles. The van der Waals surface area contributed by atoms with Gasteiger partial charge in [-0.05, 0) is 12.5 Å². The van der Waals surface area contributed by atoms with Crippen molar-refractivity contribution in [3.05, 3.63) is 29.1 Å². The average molecular weight is 291 g/mol. The predicted molar refractivity (Wildman–Crippen MR) is 64.2 cm³/mol. The van der Waals surface area contributed by atoms with Crippen LogP contribution in [0.1, 0.15) is 23.7 Å². The number of hydrogen-bond acceptors (Lipinski definition) is 2. The quantitative estimate of drug-likeness (QED) is 0.687. The first-order chi connectivity index (χ1) is 9.29. The van der Waals surface area contributed by atoms with Crippen molar-refractivity contribution >= 4 is 11.7 Å². The highest BCUT2D eigenvalue weighted by atomic mass is 19.2. The third kappa shape index (κ3) is 2.32. The van der Waals surface area contributed by atoms with E-state index in [4.69, 9.17) is 5.11 Å². The second kappa shape index (κ2) is 4.96. The zero-order chi connectivity index (χ0) is 15.1. The van der Waals surface area contributed by atoms with Crippen molar-refractivity contribution in [1.29, 1.82) is 0 Å². The monoisotopic (exact) mass is 291 g/mol. The molecule has 0 spiro atoms. The Morgan fingerprint density at radius 2 is 2.05 bits per heavy atom. The number of hydrogen-bond donors (Lipinski definition) is 1. The zero-order valence-corrected chi connectivity index (χ0v) is 10.7. The van der Waals surface area contributed by atoms with Crippen LogP contribution in [0.4, 0.5) is 23.2 Å². The number of rotatable bonds is 3. The second-order valence-electron chi connectivity index (χ2n) is 5.30. The molecule has 0 saturated carbocycles. The summed E-state index contributed by atoms with van der Waals surface area (Å²) in [6.07, 6.45) is 0.380. The van der Waals surface area contributed by atoms with Gasteiger partial charge >= 0.3 is 5.97 Å². The molecule has 1 aliphatic rings. The number of anilines is 1. The molecule has 3 nitrogen and oxygen atoms in total. The summed E-state index contributed by atoms with van der Waals surface area (Å²) in [6, 6.07) is 0.446. The first kappa shape index (κ1) is 14.6. The highest BCUT2D eigenvalue weighted by molar-refractivity contribution is 5.88. The molecule has 1 aromatic rings. The summed E-state index contributed by atoms with van der Waals surface area (Å²) in [7, 11) is 0. The molecule has 1 aliphatic heterocycles. The molecular formula is C13H13F4NO2. The van der Waals surface area contributed by atoms with Crippen molar-refractivity contribution < 1.29 is 27.5 Å². The van der Waals surface area contributed by atoms with Gasteiger partial charge in [0.2, 0.25) is 0 Å². The van der Waals surface area contributed by atoms with Crippen molar-refractivity contribution in [3.63, 3.8) is 0 Å². The van der Waals surface area contributed by atoms with Gasteiger partial charge in [0.1, 0.15) is 11.3 Å². The number of carboxylic acid groups (broad SMARTS) is 1. The number of carboxylic acids is 1. The van der Waals surface area contributed by atoms with Crippen LogP contribution in [-0.2, 0) is 0 Å². The standard InChI is InChI=1S/C13H13F4NO2/c1-13(5-14)2-3-18(6-13)11-8(15)4-7(12(19)20)9(16)10(11)17/h4H,2-3,5-6H2,1H3,(H,19,20). The van der Waals surface area contributed by atoms with Crippen LogP contribution in [0.25, 0.3) is 0 Å². The number of aromatic carboxylic acids is 1. The van der Waals surface area contributed by atoms with E-state index in [9.17, 15) is 22.4 Å². The van der Waals surface area contributed by atoms with Crippen LogP contribution >= 0.6 is 0 Å². The molecule has 110 valence electrons. The van der Waals surface area contributed by atoms with E-state index in [0.29, 0.717) is 12.5 Å². The van der Waals surface area contributed by atoms with Crippen molar-refractivity contribution in [2.75, 3.05) is 24.7 Å². The topological polar surface area (TPSA) is 40.5 Å². The van der Waals surface area contributed by atoms with Gasteiger partial charge in [0.15, 0.2) is 17.5 Å². The van der Waals surface area contributed by atoms with Gasteiger partial charge < -0.3 is 10.0 Å². The second-order valence-corrected chi connectivity index (χ2v) is 5.30. The minimum atomic E-state index is -1.75. The van der Waals surface area contributed by atoms with E-state index in [-0.39, 0.29) is 13.1 Å². The lowest BCUT2D eigenvalue weighted by Gasteiger charge is -2.23. The number of nitrogens with zero attached hydrogens (tertiary/aromatic N) is 1. The number of alkyl halides is 1. The molecule has 1 saturated heterocycles. The summed E-state index contributed by atoms with van der Waals surface area (Å²) >= 11 is 0. The Bertz CT molecular complexity index is 564. The maximum absolute atomic E-state index is 13.9. The molecule has 7 heteroatoms. The van der Waals surface area contributed by atoms with E-state index in [2.05, 4.69) is 0 Å². The average Bonchev–Trinajstić information content (AvgIpc) is 2.77. The number of halogens is 4. The molecule has 0 radical (unpaired) electrons. The van der Waals surface area contributed by atoms with E-state index < -0.39 is 46.8 Å². The molecule has 1 heterocycles. The van der Waals surface area contributed by atoms with Crippen LogP contribution in [0.3, 0.4) is 0 Å². The number of benzene rings is 1. The summed E-state index contributed by atoms with van der Waals surface area (Å²) in [6.45, 7) is 1.20. The Labute approximate surface area is 112 Å². The summed E-state index contributed by atoms with van der Waals surface area (Å²) < 4.78 is 54.2. The van der Waals surface area contributed by atoms with Gasteiger partial charge in [-0.25, -0.2) is 18.0 Å². The minimum absolute atomic E-state index is 0.0448. The van der Waals surface area contributed by atoms with Gasteiger partial charge in [-0.1, -0.05) is 6.92 Å². The fourth-order valence-electron chi connectivity index (χ4n) is 2.35. The largest absolute Gasteiger partial charge is 0.478 e. The Balaban J connectivity index is 2.44. The fourth-order valence-corrected chi connectivity index (χ4v) is 2.35. The van der Waals surface area contributed by atoms with Crippen molar-refractivity contribution in [2.45, 2.75) is 13.3 Å². The highest BCUT2D eigenvalue weighted by Gasteiger charge is 2.37. The third-order valence-electron chi connectivity index (χ3n) is 3.56. The van der Waals surface area contributed by atoms with E-state index in [0.717, 1.165) is 0 Å². The van der Waals surface area contributed by atoms with Gasteiger partial charge in [-0.15, -0.1) is 0 Å². The third-order valence-corrected chi connectivity index (χ3v) is 3.56. The first-order valence-corrected chi connectivity index (χ1v) is 6.01. The van der Waals surface area contributed by atoms with Crippen LogP contribution in [0, 0.1) is 22.9 Å². The van der Waals surface area contributed by atoms with E-state index in [1.54, 1.807) is 6.92 Å². The Morgan fingerprint density at radius 1 is 1.40 bits per heavy atom. The smallest absolute Gasteiger partial charge is 0.338 e. The van der Waals surface area contributed by atoms with Crippen LogP contribution in [-0.4, -0.2) is 30.8 Å². The van der Waals surface area contributed by atoms with Gasteiger partial charge in [-0.2, -0.15) is 0 Å². The van der Waals surface area contributed by atoms with Gasteiger partial charge in [0, 0.05) is 18.5 Å². The summed E-state index contributed by atoms with van der Waals surface area (Å²) in [5.41, 5.74) is -2.43. The van der Waals surface area contributed by atoms with Crippen LogP contribution in [0.5, 0.6) is 0 Å². The minimum Gasteiger partial charge on any atom is -0.478 e. The Kier molecular flexibility index (Phi) is 3.62. The summed E-state index contributed by atoms with van der Waals surface area (Å²) in [4.78, 5) is 11.9. The molecule has 0 aliphatic carbocycles. The normalized spacial score (nSPS) is 22.4. The molecular weight excluding hydrogens is 278 g/mol. The van der Waals surface area contributed by atoms with Gasteiger partial charge in [0.25, 0.3) is 0 Å². The predicted octanol–water partition coefficient (Wildman–Crippen LogP) is 2.99. The van der Waals surface area contributed by atoms with E-state index in [1.165, 1.54) is 4.90 Å². The van der Waals surface area contributed by atoms with Crippen molar-refractivity contribution in [2.24, 2.45) is 5.41 Å². The molecule has 1 fully saturated rings. The number of carbonyl (C=O) groups is 1. The lowest BCUT2D eigenvalue weighted by molar-refractivity contribution is 0.0690. The van der Waals surface area contributed by atoms with Crippen LogP contribution in [0.15, 0.2) is 6.07 Å². The lowest BCUT2D eigenvalue weighted by Crippen LogP contribution is -2.28. The van der Waals surface area contributed by atoms with E-state index in [1.807, 2.05) is 0 Å². The van der Waals surface area contributed by atoms with Gasteiger partial charge in [0.05, 0.1) is 6.67 Å². The molecule has 2 rings (SSSR count). The maximum atomic E-state index is 13.9. The highest BCUT2D eigenvalue weighted by Crippen LogP contribution is 2.37. The summed E-state index contributed by atoms with van der Waals surface area (Å²) in [5.74, 6) is -6.07. The zero-order valence-electron chi connectivity index (χ0n) is 10.7. The van der Waals surface area contributed by atoms with Crippen LogP contribution in [0.2, 0.25) is 0 Å². The molecule has 0 bridgehead atoms. The molecule has 0 amide bonds. The van der Waals surface area contributed by atoms with E-state index >= 15 is 0 Å². The maximum Gasteiger partial charge on any atom is 0.338 e. The molecule has 1 N–H and O–H groups in total. The molecule has 20 heavy (non-hydrogen) atoms. The fraction of sp³-hybridized carbons (Fsp3) is 0.462. The van der Waals surface area contributed by atoms with Crippen molar-refractivity contribution in [3.8, 4) is 0 Å². The Morgan fingerprint density at radius 3 is 2.55 bits per heavy atom. The summed E-state index contributed by atoms with van der Waals surface area (Å²) in [5, 5.41) is 8.66. The van der Waals surface area contributed by atoms with Crippen molar-refractivity contribution in [1.82, 2.24) is 0 Å². The van der Waals surface area contributed by atoms with Gasteiger partial charge in [-0.3, -0.25) is 4.39 Å². The molecule has 1 atom stereocenters. The molecule has 1 aromatic carbocycles. The lowest BCUT2D eigenvalue weighted by atomic mass is 9.92. The molecule has 1 unspecified atom stereocenters. The SMILES string of the molecule is CC1(CF)CCN(c2c(F)cc(C(=O)O)c(F)c2F)C1.